The van der Waals surface area contributed by atoms with Gasteiger partial charge in [-0.05, 0) is 43.4 Å². The van der Waals surface area contributed by atoms with Gasteiger partial charge in [-0.2, -0.15) is 0 Å². The zero-order valence-corrected chi connectivity index (χ0v) is 15.8. The second-order valence-electron chi connectivity index (χ2n) is 6.28. The third-order valence-electron chi connectivity index (χ3n) is 4.30. The number of nitrogens with one attached hydrogen (secondary N) is 1. The predicted octanol–water partition coefficient (Wildman–Crippen LogP) is 2.03. The van der Waals surface area contributed by atoms with Crippen molar-refractivity contribution in [2.75, 3.05) is 39.8 Å². The van der Waals surface area contributed by atoms with Crippen LogP contribution in [0.2, 0.25) is 5.02 Å². The lowest BCUT2D eigenvalue weighted by Gasteiger charge is -2.32. The van der Waals surface area contributed by atoms with E-state index in [1.165, 1.54) is 6.20 Å². The Hall–Kier alpha value is -2.64. The van der Waals surface area contributed by atoms with Crippen molar-refractivity contribution >= 4 is 23.4 Å². The Bertz CT molecular complexity index is 805. The fourth-order valence-electron chi connectivity index (χ4n) is 2.68. The summed E-state index contributed by atoms with van der Waals surface area (Å²) in [4.78, 5) is 32.8. The minimum absolute atomic E-state index is 0.0577. The maximum absolute atomic E-state index is 12.5. The summed E-state index contributed by atoms with van der Waals surface area (Å²) in [5.74, 6) is 0.181. The highest BCUT2D eigenvalue weighted by atomic mass is 35.5. The van der Waals surface area contributed by atoms with E-state index in [9.17, 15) is 9.59 Å². The summed E-state index contributed by atoms with van der Waals surface area (Å²) >= 11 is 5.87. The number of carbonyl (C=O) groups is 2. The van der Waals surface area contributed by atoms with Crippen molar-refractivity contribution < 1.29 is 14.3 Å². The Balaban J connectivity index is 1.61. The molecule has 2 amide bonds. The summed E-state index contributed by atoms with van der Waals surface area (Å²) in [6, 6.07) is 10.0. The fourth-order valence-corrected chi connectivity index (χ4v) is 2.80. The number of hydrogen-bond donors (Lipinski definition) is 1. The average Bonchev–Trinajstić information content (AvgIpc) is 2.68. The number of halogens is 1. The van der Waals surface area contributed by atoms with Crippen LogP contribution in [-0.4, -0.2) is 66.4 Å². The van der Waals surface area contributed by atoms with E-state index >= 15 is 0 Å². The smallest absolute Gasteiger partial charge is 0.257 e. The zero-order valence-electron chi connectivity index (χ0n) is 15.0. The molecule has 1 N–H and O–H groups in total. The number of hydrogen-bond acceptors (Lipinski definition) is 5. The zero-order chi connectivity index (χ0) is 19.2. The number of amides is 2. The van der Waals surface area contributed by atoms with Crippen LogP contribution in [0.4, 0.5) is 0 Å². The molecule has 1 aromatic heterocycles. The summed E-state index contributed by atoms with van der Waals surface area (Å²) in [7, 11) is 2.02. The average molecular weight is 389 g/mol. The number of rotatable bonds is 5. The molecule has 8 heteroatoms. The van der Waals surface area contributed by atoms with E-state index in [4.69, 9.17) is 16.3 Å². The molecular formula is C19H21ClN4O3. The Morgan fingerprint density at radius 1 is 1.15 bits per heavy atom. The Morgan fingerprint density at radius 3 is 2.56 bits per heavy atom. The van der Waals surface area contributed by atoms with E-state index in [1.54, 1.807) is 41.3 Å². The SMILES string of the molecule is CN1CCN(C(=O)CNC(=O)c2cccnc2Oc2ccc(Cl)cc2)CC1. The lowest BCUT2D eigenvalue weighted by molar-refractivity contribution is -0.131. The van der Waals surface area contributed by atoms with Crippen LogP contribution in [0.25, 0.3) is 0 Å². The molecule has 2 aromatic rings. The molecule has 7 nitrogen and oxygen atoms in total. The second-order valence-corrected chi connectivity index (χ2v) is 6.72. The van der Waals surface area contributed by atoms with Gasteiger partial charge < -0.3 is 19.9 Å². The van der Waals surface area contributed by atoms with Gasteiger partial charge >= 0.3 is 0 Å². The highest BCUT2D eigenvalue weighted by Gasteiger charge is 2.20. The largest absolute Gasteiger partial charge is 0.438 e. The molecule has 0 aliphatic carbocycles. The first-order valence-corrected chi connectivity index (χ1v) is 9.03. The number of carbonyl (C=O) groups excluding carboxylic acids is 2. The molecule has 1 aliphatic heterocycles. The molecule has 0 spiro atoms. The van der Waals surface area contributed by atoms with E-state index in [0.29, 0.717) is 23.9 Å². The van der Waals surface area contributed by atoms with Crippen LogP contribution in [0.3, 0.4) is 0 Å². The molecule has 0 saturated carbocycles. The van der Waals surface area contributed by atoms with Crippen LogP contribution < -0.4 is 10.1 Å². The standard InChI is InChI=1S/C19H21ClN4O3/c1-23-9-11-24(12-10-23)17(25)13-22-18(26)16-3-2-8-21-19(16)27-15-6-4-14(20)5-7-15/h2-8H,9-13H2,1H3,(H,22,26). The second kappa shape index (κ2) is 8.83. The third kappa shape index (κ3) is 5.18. The Kier molecular flexibility index (Phi) is 6.26. The lowest BCUT2D eigenvalue weighted by atomic mass is 10.2. The van der Waals surface area contributed by atoms with Crippen molar-refractivity contribution in [3.63, 3.8) is 0 Å². The molecule has 1 saturated heterocycles. The minimum atomic E-state index is -0.408. The van der Waals surface area contributed by atoms with Crippen LogP contribution in [0, 0.1) is 0 Å². The number of benzene rings is 1. The van der Waals surface area contributed by atoms with Crippen molar-refractivity contribution in [1.29, 1.82) is 0 Å². The number of likely N-dealkylation sites (N-methyl/N-ethyl adjacent to an activating group) is 1. The maximum atomic E-state index is 12.5. The van der Waals surface area contributed by atoms with Crippen LogP contribution in [0.1, 0.15) is 10.4 Å². The molecule has 0 atom stereocenters. The first kappa shape index (κ1) is 19.1. The lowest BCUT2D eigenvalue weighted by Crippen LogP contribution is -2.50. The number of pyridine rings is 1. The van der Waals surface area contributed by atoms with Crippen LogP contribution in [0.15, 0.2) is 42.6 Å². The molecule has 3 rings (SSSR count). The van der Waals surface area contributed by atoms with Crippen LogP contribution in [0.5, 0.6) is 11.6 Å². The molecule has 2 heterocycles. The van der Waals surface area contributed by atoms with Gasteiger partial charge in [-0.1, -0.05) is 11.6 Å². The third-order valence-corrected chi connectivity index (χ3v) is 4.55. The van der Waals surface area contributed by atoms with Gasteiger partial charge in [0.25, 0.3) is 5.91 Å². The molecule has 27 heavy (non-hydrogen) atoms. The van der Waals surface area contributed by atoms with Gasteiger partial charge in [0.05, 0.1) is 6.54 Å². The fraction of sp³-hybridized carbons (Fsp3) is 0.316. The summed E-state index contributed by atoms with van der Waals surface area (Å²) < 4.78 is 5.69. The molecule has 1 aliphatic rings. The van der Waals surface area contributed by atoms with Gasteiger partial charge in [-0.25, -0.2) is 4.98 Å². The van der Waals surface area contributed by atoms with Gasteiger partial charge in [0, 0.05) is 37.4 Å². The molecule has 0 radical (unpaired) electrons. The molecular weight excluding hydrogens is 368 g/mol. The summed E-state index contributed by atoms with van der Waals surface area (Å²) in [6.07, 6.45) is 1.54. The summed E-state index contributed by atoms with van der Waals surface area (Å²) in [6.45, 7) is 2.95. The van der Waals surface area contributed by atoms with Crippen LogP contribution >= 0.6 is 11.6 Å². The van der Waals surface area contributed by atoms with E-state index in [-0.39, 0.29) is 23.9 Å². The topological polar surface area (TPSA) is 74.8 Å². The van der Waals surface area contributed by atoms with Crippen LogP contribution in [-0.2, 0) is 4.79 Å². The first-order valence-electron chi connectivity index (χ1n) is 8.66. The number of aromatic nitrogens is 1. The predicted molar refractivity (Wildman–Crippen MR) is 102 cm³/mol. The van der Waals surface area contributed by atoms with Gasteiger partial charge in [0.1, 0.15) is 11.3 Å². The minimum Gasteiger partial charge on any atom is -0.438 e. The van der Waals surface area contributed by atoms with E-state index < -0.39 is 5.91 Å². The van der Waals surface area contributed by atoms with Crippen molar-refractivity contribution in [2.45, 2.75) is 0 Å². The summed E-state index contributed by atoms with van der Waals surface area (Å²) in [5.41, 5.74) is 0.263. The number of piperazine rings is 1. The molecule has 0 unspecified atom stereocenters. The number of nitrogens with zero attached hydrogens (tertiary/aromatic N) is 3. The van der Waals surface area contributed by atoms with E-state index in [0.717, 1.165) is 13.1 Å². The first-order chi connectivity index (χ1) is 13.0. The van der Waals surface area contributed by atoms with Crippen molar-refractivity contribution in [1.82, 2.24) is 20.1 Å². The van der Waals surface area contributed by atoms with Gasteiger partial charge in [0.2, 0.25) is 11.8 Å². The Morgan fingerprint density at radius 2 is 1.85 bits per heavy atom. The van der Waals surface area contributed by atoms with E-state index in [1.807, 2.05) is 7.05 Å². The van der Waals surface area contributed by atoms with Crippen molar-refractivity contribution in [2.24, 2.45) is 0 Å². The number of ether oxygens (including phenoxy) is 1. The maximum Gasteiger partial charge on any atom is 0.257 e. The molecule has 0 bridgehead atoms. The monoisotopic (exact) mass is 388 g/mol. The molecule has 1 aromatic carbocycles. The van der Waals surface area contributed by atoms with Crippen molar-refractivity contribution in [3.8, 4) is 11.6 Å². The van der Waals surface area contributed by atoms with Crippen molar-refractivity contribution in [3.05, 3.63) is 53.2 Å². The Labute approximate surface area is 162 Å². The highest BCUT2D eigenvalue weighted by molar-refractivity contribution is 6.30. The van der Waals surface area contributed by atoms with Gasteiger partial charge in [-0.3, -0.25) is 9.59 Å². The normalized spacial score (nSPS) is 14.7. The summed E-state index contributed by atoms with van der Waals surface area (Å²) in [5, 5.41) is 3.24. The molecule has 1 fully saturated rings. The highest BCUT2D eigenvalue weighted by Crippen LogP contribution is 2.24. The van der Waals surface area contributed by atoms with E-state index in [2.05, 4.69) is 15.2 Å². The van der Waals surface area contributed by atoms with Gasteiger partial charge in [-0.15, -0.1) is 0 Å². The molecule has 142 valence electrons. The quantitative estimate of drug-likeness (QED) is 0.848. The van der Waals surface area contributed by atoms with Gasteiger partial charge in [0.15, 0.2) is 0 Å².